The first-order valence-electron chi connectivity index (χ1n) is 8.77. The average molecular weight is 312 g/mol. The lowest BCUT2D eigenvalue weighted by Gasteiger charge is -2.43. The molecule has 0 N–H and O–H groups in total. The Morgan fingerprint density at radius 1 is 0.870 bits per heavy atom. The van der Waals surface area contributed by atoms with E-state index >= 15 is 0 Å². The van der Waals surface area contributed by atoms with Gasteiger partial charge in [-0.05, 0) is 37.8 Å². The van der Waals surface area contributed by atoms with Crippen LogP contribution in [0, 0.1) is 0 Å². The third kappa shape index (κ3) is 2.71. The molecular formula is C19H24N2O2. The second kappa shape index (κ2) is 5.91. The molecule has 1 aromatic carbocycles. The Balaban J connectivity index is 1.47. The molecule has 23 heavy (non-hydrogen) atoms. The number of esters is 1. The Bertz CT molecular complexity index is 597. The van der Waals surface area contributed by atoms with Crippen LogP contribution in [0.5, 0.6) is 0 Å². The molecule has 0 atom stereocenters. The minimum Gasteiger partial charge on any atom is -0.449 e. The van der Waals surface area contributed by atoms with Gasteiger partial charge in [0.05, 0.1) is 5.70 Å². The molecule has 3 aliphatic rings. The molecule has 0 bridgehead atoms. The van der Waals surface area contributed by atoms with Crippen molar-refractivity contribution in [3.05, 3.63) is 42.1 Å². The van der Waals surface area contributed by atoms with Gasteiger partial charge < -0.3 is 14.5 Å². The lowest BCUT2D eigenvalue weighted by Crippen LogP contribution is -2.50. The van der Waals surface area contributed by atoms with Crippen LogP contribution in [0.4, 0.5) is 5.69 Å². The first kappa shape index (κ1) is 14.6. The Labute approximate surface area is 137 Å². The number of hydrogen-bond donors (Lipinski definition) is 0. The number of anilines is 1. The van der Waals surface area contributed by atoms with E-state index in [-0.39, 0.29) is 11.6 Å². The monoisotopic (exact) mass is 312 g/mol. The molecule has 2 aliphatic heterocycles. The summed E-state index contributed by atoms with van der Waals surface area (Å²) in [7, 11) is 0. The summed E-state index contributed by atoms with van der Waals surface area (Å²) in [5.41, 5.74) is 2.12. The Morgan fingerprint density at radius 2 is 1.52 bits per heavy atom. The first-order chi connectivity index (χ1) is 11.3. The molecular weight excluding hydrogens is 288 g/mol. The van der Waals surface area contributed by atoms with Gasteiger partial charge in [-0.15, -0.1) is 0 Å². The van der Waals surface area contributed by atoms with Crippen LogP contribution in [-0.4, -0.2) is 42.6 Å². The van der Waals surface area contributed by atoms with Crippen molar-refractivity contribution in [3.63, 3.8) is 0 Å². The van der Waals surface area contributed by atoms with Crippen molar-refractivity contribution in [2.75, 3.05) is 31.1 Å². The zero-order chi connectivity index (χ0) is 15.7. The van der Waals surface area contributed by atoms with Crippen molar-refractivity contribution in [1.82, 2.24) is 4.90 Å². The zero-order valence-electron chi connectivity index (χ0n) is 13.5. The fourth-order valence-corrected chi connectivity index (χ4v) is 4.22. The summed E-state index contributed by atoms with van der Waals surface area (Å²) < 4.78 is 5.78. The summed E-state index contributed by atoms with van der Waals surface area (Å²) in [5.74, 6) is -0.146. The average Bonchev–Trinajstić information content (AvgIpc) is 2.92. The molecule has 1 aliphatic carbocycles. The van der Waals surface area contributed by atoms with Crippen LogP contribution >= 0.6 is 0 Å². The van der Waals surface area contributed by atoms with E-state index < -0.39 is 0 Å². The Morgan fingerprint density at radius 3 is 2.22 bits per heavy atom. The maximum Gasteiger partial charge on any atom is 0.333 e. The van der Waals surface area contributed by atoms with Crippen LogP contribution in [0.25, 0.3) is 0 Å². The number of piperazine rings is 1. The molecule has 4 rings (SSSR count). The lowest BCUT2D eigenvalue weighted by atomic mass is 9.82. The highest BCUT2D eigenvalue weighted by molar-refractivity contribution is 5.86. The van der Waals surface area contributed by atoms with Gasteiger partial charge in [-0.3, -0.25) is 0 Å². The minimum absolute atomic E-state index is 0.146. The standard InChI is InChI=1S/C19H24N2O2/c22-18-15-17(19(23-18)9-5-2-6-10-19)21-13-11-20(12-14-21)16-7-3-1-4-8-16/h1,3-4,7-8,15H,2,5-6,9-14H2. The van der Waals surface area contributed by atoms with Gasteiger partial charge in [-0.1, -0.05) is 24.6 Å². The van der Waals surface area contributed by atoms with Gasteiger partial charge in [-0.25, -0.2) is 4.79 Å². The predicted molar refractivity (Wildman–Crippen MR) is 90.2 cm³/mol. The van der Waals surface area contributed by atoms with Crippen LogP contribution in [0.1, 0.15) is 32.1 Å². The van der Waals surface area contributed by atoms with Crippen LogP contribution in [0.15, 0.2) is 42.1 Å². The van der Waals surface area contributed by atoms with E-state index in [1.165, 1.54) is 12.1 Å². The van der Waals surface area contributed by atoms with Gasteiger partial charge in [0.2, 0.25) is 0 Å². The van der Waals surface area contributed by atoms with E-state index in [1.54, 1.807) is 6.08 Å². The van der Waals surface area contributed by atoms with Crippen molar-refractivity contribution in [2.24, 2.45) is 0 Å². The SMILES string of the molecule is O=C1C=C(N2CCN(c3ccccc3)CC2)C2(CCCCC2)O1. The molecule has 0 unspecified atom stereocenters. The van der Waals surface area contributed by atoms with Crippen LogP contribution < -0.4 is 4.90 Å². The summed E-state index contributed by atoms with van der Waals surface area (Å²) in [6, 6.07) is 10.6. The largest absolute Gasteiger partial charge is 0.449 e. The number of benzene rings is 1. The molecule has 4 nitrogen and oxygen atoms in total. The Kier molecular flexibility index (Phi) is 3.76. The zero-order valence-corrected chi connectivity index (χ0v) is 13.5. The summed E-state index contributed by atoms with van der Waals surface area (Å²) in [6.07, 6.45) is 7.31. The molecule has 0 aromatic heterocycles. The van der Waals surface area contributed by atoms with Gasteiger partial charge in [0.1, 0.15) is 0 Å². The maximum absolute atomic E-state index is 11.9. The van der Waals surface area contributed by atoms with Crippen molar-refractivity contribution >= 4 is 11.7 Å². The molecule has 1 spiro atoms. The molecule has 1 saturated carbocycles. The summed E-state index contributed by atoms with van der Waals surface area (Å²) >= 11 is 0. The number of carbonyl (C=O) groups excluding carboxylic acids is 1. The molecule has 0 amide bonds. The highest BCUT2D eigenvalue weighted by Gasteiger charge is 2.46. The molecule has 1 aromatic rings. The quantitative estimate of drug-likeness (QED) is 0.786. The second-order valence-electron chi connectivity index (χ2n) is 6.82. The number of nitrogens with zero attached hydrogens (tertiary/aromatic N) is 2. The van der Waals surface area contributed by atoms with Crippen molar-refractivity contribution in [2.45, 2.75) is 37.7 Å². The van der Waals surface area contributed by atoms with Gasteiger partial charge in [0.25, 0.3) is 0 Å². The summed E-state index contributed by atoms with van der Waals surface area (Å²) in [6.45, 7) is 3.90. The fourth-order valence-electron chi connectivity index (χ4n) is 4.22. The topological polar surface area (TPSA) is 32.8 Å². The smallest absolute Gasteiger partial charge is 0.333 e. The molecule has 122 valence electrons. The number of carbonyl (C=O) groups is 1. The fraction of sp³-hybridized carbons (Fsp3) is 0.526. The third-order valence-electron chi connectivity index (χ3n) is 5.42. The molecule has 2 heterocycles. The van der Waals surface area contributed by atoms with Crippen molar-refractivity contribution in [3.8, 4) is 0 Å². The summed E-state index contributed by atoms with van der Waals surface area (Å²) in [5, 5.41) is 0. The third-order valence-corrected chi connectivity index (χ3v) is 5.42. The Hall–Kier alpha value is -1.97. The number of rotatable bonds is 2. The van der Waals surface area contributed by atoms with E-state index in [4.69, 9.17) is 4.74 Å². The predicted octanol–water partition coefficient (Wildman–Crippen LogP) is 2.95. The summed E-state index contributed by atoms with van der Waals surface area (Å²) in [4.78, 5) is 16.7. The van der Waals surface area contributed by atoms with E-state index in [1.807, 2.05) is 0 Å². The normalized spacial score (nSPS) is 23.8. The molecule has 2 fully saturated rings. The number of para-hydroxylation sites is 1. The molecule has 1 saturated heterocycles. The van der Waals surface area contributed by atoms with Gasteiger partial charge in [0.15, 0.2) is 5.60 Å². The van der Waals surface area contributed by atoms with Gasteiger partial charge >= 0.3 is 5.97 Å². The van der Waals surface area contributed by atoms with Crippen LogP contribution in [0.3, 0.4) is 0 Å². The number of hydrogen-bond acceptors (Lipinski definition) is 4. The second-order valence-corrected chi connectivity index (χ2v) is 6.82. The van der Waals surface area contributed by atoms with E-state index in [0.29, 0.717) is 0 Å². The van der Waals surface area contributed by atoms with Crippen molar-refractivity contribution in [1.29, 1.82) is 0 Å². The van der Waals surface area contributed by atoms with Gasteiger partial charge in [0, 0.05) is 37.9 Å². The van der Waals surface area contributed by atoms with Gasteiger partial charge in [-0.2, -0.15) is 0 Å². The maximum atomic E-state index is 11.9. The van der Waals surface area contributed by atoms with Crippen LogP contribution in [0.2, 0.25) is 0 Å². The van der Waals surface area contributed by atoms with Crippen molar-refractivity contribution < 1.29 is 9.53 Å². The number of ether oxygens (including phenoxy) is 1. The molecule has 0 radical (unpaired) electrons. The molecule has 4 heteroatoms. The highest BCUT2D eigenvalue weighted by Crippen LogP contribution is 2.42. The minimum atomic E-state index is -0.315. The first-order valence-corrected chi connectivity index (χ1v) is 8.77. The lowest BCUT2D eigenvalue weighted by molar-refractivity contribution is -0.149. The van der Waals surface area contributed by atoms with E-state index in [0.717, 1.165) is 57.6 Å². The van der Waals surface area contributed by atoms with Crippen LogP contribution in [-0.2, 0) is 9.53 Å². The van der Waals surface area contributed by atoms with E-state index in [2.05, 4.69) is 40.1 Å². The van der Waals surface area contributed by atoms with E-state index in [9.17, 15) is 4.79 Å². The highest BCUT2D eigenvalue weighted by atomic mass is 16.6.